The van der Waals surface area contributed by atoms with Gasteiger partial charge in [-0.25, -0.2) is 9.97 Å². The van der Waals surface area contributed by atoms with Gasteiger partial charge in [0.1, 0.15) is 5.52 Å². The summed E-state index contributed by atoms with van der Waals surface area (Å²) in [5.74, 6) is 3.08. The minimum atomic E-state index is 0. The van der Waals surface area contributed by atoms with E-state index in [2.05, 4.69) is 210 Å². The zero-order chi connectivity index (χ0) is 56.9. The molecule has 0 spiro atoms. The average Bonchev–Trinajstić information content (AvgIpc) is 4.43. The van der Waals surface area contributed by atoms with Crippen LogP contribution in [0.3, 0.4) is 0 Å². The third-order valence-corrected chi connectivity index (χ3v) is 16.3. The van der Waals surface area contributed by atoms with E-state index in [-0.39, 0.29) is 44.7 Å². The van der Waals surface area contributed by atoms with Crippen LogP contribution in [0.2, 0.25) is 0 Å². The van der Waals surface area contributed by atoms with Crippen LogP contribution in [-0.2, 0) is 21.1 Å². The van der Waals surface area contributed by atoms with Crippen LogP contribution >= 0.6 is 0 Å². The topological polar surface area (TPSA) is 96.9 Å². The number of para-hydroxylation sites is 4. The summed E-state index contributed by atoms with van der Waals surface area (Å²) in [6.45, 7) is 22.2. The van der Waals surface area contributed by atoms with Gasteiger partial charge in [-0.15, -0.1) is 23.8 Å². The van der Waals surface area contributed by atoms with Crippen LogP contribution < -0.4 is 4.74 Å². The number of rotatable bonds is 12. The third-order valence-electron chi connectivity index (χ3n) is 16.3. The van der Waals surface area contributed by atoms with Gasteiger partial charge in [0, 0.05) is 39.6 Å². The van der Waals surface area contributed by atoms with Crippen molar-refractivity contribution in [2.75, 3.05) is 0 Å². The van der Waals surface area contributed by atoms with Crippen molar-refractivity contribution in [2.45, 2.75) is 92.9 Å². The quantitative estimate of drug-likeness (QED) is 0.112. The first-order chi connectivity index (χ1) is 40.3. The number of hydrogen-bond acceptors (Lipinski definition) is 7. The molecule has 0 N–H and O–H groups in total. The Kier molecular flexibility index (Phi) is 13.8. The van der Waals surface area contributed by atoms with Crippen LogP contribution in [0.5, 0.6) is 11.5 Å². The summed E-state index contributed by atoms with van der Waals surface area (Å²) >= 11 is 0. The Morgan fingerprint density at radius 3 is 1.52 bits per heavy atom. The molecule has 0 bridgehead atoms. The second-order valence-electron chi connectivity index (χ2n) is 23.2. The zero-order valence-electron chi connectivity index (χ0n) is 48.7. The van der Waals surface area contributed by atoms with Crippen molar-refractivity contribution < 1.29 is 34.6 Å². The maximum absolute atomic E-state index is 7.24. The van der Waals surface area contributed by atoms with Gasteiger partial charge in [-0.1, -0.05) is 164 Å². The molecule has 0 aliphatic carbocycles. The van der Waals surface area contributed by atoms with Crippen molar-refractivity contribution in [2.24, 2.45) is 0 Å². The van der Waals surface area contributed by atoms with Crippen molar-refractivity contribution in [3.8, 4) is 67.9 Å². The van der Waals surface area contributed by atoms with Crippen LogP contribution in [0.4, 0.5) is 0 Å². The van der Waals surface area contributed by atoms with Gasteiger partial charge in [0.2, 0.25) is 5.71 Å². The number of fused-ring (bicyclic) bond motifs is 9. The van der Waals surface area contributed by atoms with E-state index >= 15 is 0 Å². The standard InChI is InChI=1S/C74H62N6O3.Pt/c1-41(2)55-35-50(47-22-13-11-14-23-47)36-56(42(3)4)67(55)79-63-30-19-17-28-61(63)77-72(79)49-26-21-27-52(34-49)81-53-39-59-65-46(10)76-66-54-33-32-45(9)75-74(54)83-71(66)70(65)82-69(59)60(40-53)73-78-62-29-18-20-31-64(62)80(73)68-57(43(5)6)37-51(38-58(68)44(7)8)48-24-15-12-16-25-48;/h11-33,35-39,41-44H,1-10H3;/q-2;+2. The number of imidazole rings is 2. The smallest absolute Gasteiger partial charge is 0.497 e. The molecule has 0 atom stereocenters. The Balaban J connectivity index is 0.00000658. The molecule has 0 unspecified atom stereocenters. The van der Waals surface area contributed by atoms with E-state index in [0.29, 0.717) is 50.9 Å². The first-order valence-electron chi connectivity index (χ1n) is 28.9. The maximum atomic E-state index is 7.24. The van der Waals surface area contributed by atoms with Crippen LogP contribution in [0.15, 0.2) is 179 Å². The van der Waals surface area contributed by atoms with Crippen molar-refractivity contribution in [1.29, 1.82) is 0 Å². The van der Waals surface area contributed by atoms with Crippen LogP contribution in [-0.4, -0.2) is 29.1 Å². The number of benzene rings is 8. The first-order valence-corrected chi connectivity index (χ1v) is 28.9. The number of hydrogen-bond donors (Lipinski definition) is 0. The van der Waals surface area contributed by atoms with E-state index in [9.17, 15) is 0 Å². The fourth-order valence-corrected chi connectivity index (χ4v) is 12.2. The summed E-state index contributed by atoms with van der Waals surface area (Å²) in [7, 11) is 0. The van der Waals surface area contributed by atoms with Crippen LogP contribution in [0.1, 0.15) is 113 Å². The fraction of sp³-hybridized carbons (Fsp3) is 0.189. The number of aryl methyl sites for hydroxylation is 2. The van der Waals surface area contributed by atoms with Gasteiger partial charge >= 0.3 is 21.1 Å². The van der Waals surface area contributed by atoms with Gasteiger partial charge in [-0.2, -0.15) is 0 Å². The molecular formula is C74H62N6O3Pt. The molecule has 8 aromatic carbocycles. The molecule has 14 aromatic rings. The molecule has 0 saturated heterocycles. The molecule has 0 aliphatic heterocycles. The van der Waals surface area contributed by atoms with Crippen molar-refractivity contribution >= 4 is 66.2 Å². The number of aromatic nitrogens is 6. The summed E-state index contributed by atoms with van der Waals surface area (Å²) in [4.78, 5) is 21.0. The summed E-state index contributed by atoms with van der Waals surface area (Å²) in [5.41, 5.74) is 21.4. The van der Waals surface area contributed by atoms with E-state index in [1.54, 1.807) is 0 Å². The van der Waals surface area contributed by atoms with Crippen molar-refractivity contribution in [3.05, 3.63) is 216 Å². The van der Waals surface area contributed by atoms with E-state index in [4.69, 9.17) is 33.5 Å². The first kappa shape index (κ1) is 54.3. The number of furan rings is 2. The molecule has 6 heterocycles. The monoisotopic (exact) mass is 1280 g/mol. The molecule has 0 aliphatic rings. The SMILES string of the molecule is Cc1ccc2c(n1)oc1c2nc(C)c2c3cc(Oc4[c-]c(-c5nc6ccccc6n5-c5c(C(C)C)cc(-c6ccccc6)cc5C(C)C)ccc4)[c-]c(-c4nc5ccccc5n4-c4c(C(C)C)cc(-c5ccccc5)cc4C(C)C)c3oc12.[Pt+2]. The van der Waals surface area contributed by atoms with Crippen molar-refractivity contribution in [3.63, 3.8) is 0 Å². The minimum Gasteiger partial charge on any atom is -0.497 e. The number of pyridine rings is 2. The van der Waals surface area contributed by atoms with Gasteiger partial charge in [-0.05, 0) is 148 Å². The van der Waals surface area contributed by atoms with Gasteiger partial charge < -0.3 is 22.7 Å². The maximum Gasteiger partial charge on any atom is 2.00 e. The molecule has 14 rings (SSSR count). The predicted molar refractivity (Wildman–Crippen MR) is 338 cm³/mol. The predicted octanol–water partition coefficient (Wildman–Crippen LogP) is 20.1. The van der Waals surface area contributed by atoms with Crippen LogP contribution in [0, 0.1) is 26.0 Å². The molecule has 84 heavy (non-hydrogen) atoms. The largest absolute Gasteiger partial charge is 2.00 e. The van der Waals surface area contributed by atoms with Crippen LogP contribution in [0.25, 0.3) is 123 Å². The Labute approximate surface area is 503 Å². The average molecular weight is 1280 g/mol. The summed E-state index contributed by atoms with van der Waals surface area (Å²) in [6, 6.07) is 67.1. The second kappa shape index (κ2) is 21.4. The van der Waals surface area contributed by atoms with E-state index < -0.39 is 0 Å². The van der Waals surface area contributed by atoms with E-state index in [0.717, 1.165) is 72.4 Å². The summed E-state index contributed by atoms with van der Waals surface area (Å²) in [6.07, 6.45) is 0. The Morgan fingerprint density at radius 1 is 0.440 bits per heavy atom. The molecule has 0 fully saturated rings. The Bertz CT molecular complexity index is 4810. The Hall–Kier alpha value is -8.91. The zero-order valence-corrected chi connectivity index (χ0v) is 51.0. The molecule has 6 aromatic heterocycles. The van der Waals surface area contributed by atoms with Gasteiger partial charge in [-0.3, -0.25) is 9.97 Å². The Morgan fingerprint density at radius 2 is 0.964 bits per heavy atom. The molecule has 10 heteroatoms. The van der Waals surface area contributed by atoms with Gasteiger partial charge in [0.05, 0.1) is 44.7 Å². The molecule has 0 radical (unpaired) electrons. The fourth-order valence-electron chi connectivity index (χ4n) is 12.2. The molecular weight excluding hydrogens is 1220 g/mol. The third kappa shape index (κ3) is 9.12. The molecule has 0 saturated carbocycles. The van der Waals surface area contributed by atoms with E-state index in [1.807, 2.05) is 50.2 Å². The molecule has 0 amide bonds. The number of ether oxygens (including phenoxy) is 1. The van der Waals surface area contributed by atoms with Gasteiger partial charge in [0.25, 0.3) is 0 Å². The summed E-state index contributed by atoms with van der Waals surface area (Å²) in [5, 5.41) is 2.41. The summed E-state index contributed by atoms with van der Waals surface area (Å²) < 4.78 is 25.7. The number of nitrogens with zero attached hydrogens (tertiary/aromatic N) is 6. The normalized spacial score (nSPS) is 12.0. The minimum absolute atomic E-state index is 0. The molecule has 416 valence electrons. The second-order valence-corrected chi connectivity index (χ2v) is 23.2. The molecule has 9 nitrogen and oxygen atoms in total. The van der Waals surface area contributed by atoms with Crippen molar-refractivity contribution in [1.82, 2.24) is 29.1 Å². The van der Waals surface area contributed by atoms with E-state index in [1.165, 1.54) is 44.5 Å². The van der Waals surface area contributed by atoms with Gasteiger partial charge in [0.15, 0.2) is 11.2 Å².